The summed E-state index contributed by atoms with van der Waals surface area (Å²) in [6, 6.07) is 6.10. The van der Waals surface area contributed by atoms with Gasteiger partial charge in [-0.25, -0.2) is 4.57 Å². The molecule has 212 valence electrons. The van der Waals surface area contributed by atoms with Gasteiger partial charge in [0.25, 0.3) is 0 Å². The van der Waals surface area contributed by atoms with Gasteiger partial charge >= 0.3 is 5.97 Å². The van der Waals surface area contributed by atoms with Crippen molar-refractivity contribution >= 4 is 5.97 Å². The first kappa shape index (κ1) is 31.8. The largest absolute Gasteiger partial charge is 0.463 e. The maximum absolute atomic E-state index is 12.0. The Morgan fingerprint density at radius 3 is 1.95 bits per heavy atom. The number of rotatable bonds is 24. The van der Waals surface area contributed by atoms with Crippen LogP contribution in [0.4, 0.5) is 0 Å². The SMILES string of the molecule is CCCCCCCCCCCCCCCCC[C@@H]1OC[C@@H](COC(=O)CCCCC[n+]2ccccc2)O1. The highest BCUT2D eigenvalue weighted by Gasteiger charge is 2.26. The highest BCUT2D eigenvalue weighted by Crippen LogP contribution is 2.19. The van der Waals surface area contributed by atoms with E-state index in [2.05, 4.69) is 23.9 Å². The van der Waals surface area contributed by atoms with Crippen molar-refractivity contribution in [3.8, 4) is 0 Å². The summed E-state index contributed by atoms with van der Waals surface area (Å²) in [4.78, 5) is 12.0. The molecule has 37 heavy (non-hydrogen) atoms. The van der Waals surface area contributed by atoms with Gasteiger partial charge in [0, 0.05) is 25.0 Å². The van der Waals surface area contributed by atoms with E-state index < -0.39 is 0 Å². The summed E-state index contributed by atoms with van der Waals surface area (Å²) in [6.45, 7) is 4.12. The van der Waals surface area contributed by atoms with Gasteiger partial charge in [0.2, 0.25) is 0 Å². The van der Waals surface area contributed by atoms with Crippen LogP contribution in [0.25, 0.3) is 0 Å². The van der Waals surface area contributed by atoms with E-state index in [9.17, 15) is 4.79 Å². The second-order valence-electron chi connectivity index (χ2n) is 10.9. The van der Waals surface area contributed by atoms with Gasteiger partial charge in [-0.3, -0.25) is 4.79 Å². The number of aromatic nitrogens is 1. The van der Waals surface area contributed by atoms with Crippen molar-refractivity contribution in [2.45, 2.75) is 154 Å². The van der Waals surface area contributed by atoms with Crippen molar-refractivity contribution in [1.29, 1.82) is 0 Å². The van der Waals surface area contributed by atoms with Crippen LogP contribution in [0.15, 0.2) is 30.6 Å². The zero-order chi connectivity index (χ0) is 26.2. The number of carbonyl (C=O) groups excluding carboxylic acids is 1. The predicted molar refractivity (Wildman–Crippen MR) is 150 cm³/mol. The molecule has 0 radical (unpaired) electrons. The predicted octanol–water partition coefficient (Wildman–Crippen LogP) is 8.08. The molecule has 0 saturated carbocycles. The fourth-order valence-corrected chi connectivity index (χ4v) is 5.01. The molecule has 0 aliphatic carbocycles. The zero-order valence-corrected chi connectivity index (χ0v) is 23.9. The molecule has 0 N–H and O–H groups in total. The third kappa shape index (κ3) is 17.6. The molecule has 0 unspecified atom stereocenters. The lowest BCUT2D eigenvalue weighted by Crippen LogP contribution is -2.32. The normalized spacial score (nSPS) is 17.3. The van der Waals surface area contributed by atoms with Crippen molar-refractivity contribution in [1.82, 2.24) is 0 Å². The molecule has 1 aromatic heterocycles. The minimum absolute atomic E-state index is 0.111. The fraction of sp³-hybridized carbons (Fsp3) is 0.812. The minimum Gasteiger partial charge on any atom is -0.463 e. The lowest BCUT2D eigenvalue weighted by atomic mass is 10.0. The molecule has 1 aromatic rings. The number of esters is 1. The van der Waals surface area contributed by atoms with Crippen molar-refractivity contribution in [2.75, 3.05) is 13.2 Å². The van der Waals surface area contributed by atoms with E-state index in [-0.39, 0.29) is 18.4 Å². The molecule has 5 nitrogen and oxygen atoms in total. The van der Waals surface area contributed by atoms with Crippen molar-refractivity contribution < 1.29 is 23.6 Å². The smallest absolute Gasteiger partial charge is 0.305 e. The van der Waals surface area contributed by atoms with Crippen molar-refractivity contribution in [2.24, 2.45) is 0 Å². The van der Waals surface area contributed by atoms with Gasteiger partial charge < -0.3 is 14.2 Å². The van der Waals surface area contributed by atoms with Crippen LogP contribution in [0.2, 0.25) is 0 Å². The number of unbranched alkanes of at least 4 members (excludes halogenated alkanes) is 16. The number of hydrogen-bond acceptors (Lipinski definition) is 4. The van der Waals surface area contributed by atoms with Gasteiger partial charge in [0.1, 0.15) is 19.3 Å². The van der Waals surface area contributed by atoms with E-state index in [1.165, 1.54) is 89.9 Å². The van der Waals surface area contributed by atoms with E-state index in [1.807, 2.05) is 18.2 Å². The van der Waals surface area contributed by atoms with Crippen molar-refractivity contribution in [3.05, 3.63) is 30.6 Å². The fourth-order valence-electron chi connectivity index (χ4n) is 5.01. The highest BCUT2D eigenvalue weighted by atomic mass is 16.7. The average Bonchev–Trinajstić information content (AvgIpc) is 3.38. The van der Waals surface area contributed by atoms with Gasteiger partial charge in [-0.1, -0.05) is 103 Å². The molecule has 1 saturated heterocycles. The Labute approximate surface area is 227 Å². The van der Waals surface area contributed by atoms with E-state index in [4.69, 9.17) is 14.2 Å². The quantitative estimate of drug-likeness (QED) is 0.0788. The van der Waals surface area contributed by atoms with E-state index in [1.54, 1.807) is 0 Å². The van der Waals surface area contributed by atoms with Crippen LogP contribution in [0, 0.1) is 0 Å². The summed E-state index contributed by atoms with van der Waals surface area (Å²) < 4.78 is 19.3. The van der Waals surface area contributed by atoms with Gasteiger partial charge in [0.15, 0.2) is 18.7 Å². The molecule has 2 rings (SSSR count). The third-order valence-corrected chi connectivity index (χ3v) is 7.36. The maximum Gasteiger partial charge on any atom is 0.305 e. The highest BCUT2D eigenvalue weighted by molar-refractivity contribution is 5.69. The van der Waals surface area contributed by atoms with Gasteiger partial charge in [-0.05, 0) is 25.7 Å². The Morgan fingerprint density at radius 1 is 0.757 bits per heavy atom. The summed E-state index contributed by atoms with van der Waals surface area (Å²) in [7, 11) is 0. The molecular weight excluding hydrogens is 462 g/mol. The van der Waals surface area contributed by atoms with Crippen LogP contribution in [0.3, 0.4) is 0 Å². The lowest BCUT2D eigenvalue weighted by molar-refractivity contribution is -0.697. The average molecular weight is 519 g/mol. The topological polar surface area (TPSA) is 48.6 Å². The molecule has 0 bridgehead atoms. The van der Waals surface area contributed by atoms with Gasteiger partial charge in [0.05, 0.1) is 6.61 Å². The third-order valence-electron chi connectivity index (χ3n) is 7.36. The maximum atomic E-state index is 12.0. The molecule has 1 aliphatic heterocycles. The summed E-state index contributed by atoms with van der Waals surface area (Å²) in [5.74, 6) is -0.123. The lowest BCUT2D eigenvalue weighted by Gasteiger charge is -2.12. The second-order valence-corrected chi connectivity index (χ2v) is 10.9. The van der Waals surface area contributed by atoms with Crippen molar-refractivity contribution in [3.63, 3.8) is 0 Å². The number of pyridine rings is 1. The number of nitrogens with zero attached hydrogens (tertiary/aromatic N) is 1. The van der Waals surface area contributed by atoms with Gasteiger partial charge in [-0.2, -0.15) is 0 Å². The first-order chi connectivity index (χ1) is 18.3. The first-order valence-electron chi connectivity index (χ1n) is 15.6. The molecule has 5 heteroatoms. The summed E-state index contributed by atoms with van der Waals surface area (Å²) >= 11 is 0. The van der Waals surface area contributed by atoms with E-state index in [0.29, 0.717) is 19.6 Å². The molecule has 0 spiro atoms. The molecule has 2 heterocycles. The van der Waals surface area contributed by atoms with Crippen LogP contribution in [0.1, 0.15) is 135 Å². The molecule has 1 aliphatic rings. The molecular formula is C32H56NO4+. The molecule has 2 atom stereocenters. The summed E-state index contributed by atoms with van der Waals surface area (Å²) in [5, 5.41) is 0. The van der Waals surface area contributed by atoms with Gasteiger partial charge in [-0.15, -0.1) is 0 Å². The summed E-state index contributed by atoms with van der Waals surface area (Å²) in [6.07, 6.45) is 28.9. The Hall–Kier alpha value is -1.46. The molecule has 1 fully saturated rings. The monoisotopic (exact) mass is 518 g/mol. The van der Waals surface area contributed by atoms with Crippen LogP contribution < -0.4 is 4.57 Å². The number of hydrogen-bond donors (Lipinski definition) is 0. The second kappa shape index (κ2) is 22.5. The molecule has 0 aromatic carbocycles. The van der Waals surface area contributed by atoms with E-state index in [0.717, 1.165) is 38.6 Å². The van der Waals surface area contributed by atoms with Crippen LogP contribution in [0.5, 0.6) is 0 Å². The van der Waals surface area contributed by atoms with E-state index >= 15 is 0 Å². The Morgan fingerprint density at radius 2 is 1.32 bits per heavy atom. The zero-order valence-electron chi connectivity index (χ0n) is 23.9. The minimum atomic E-state index is -0.124. The standard InChI is InChI=1S/C32H56NO4/c1-2-3-4-5-6-7-8-9-10-11-12-13-14-15-19-24-32-36-29-30(37-32)28-35-31(34)23-18-16-20-25-33-26-21-17-22-27-33/h17,21-22,26-27,30,32H,2-16,18-20,23-25,28-29H2,1H3/q+1/t30-,32-/m1/s1. The summed E-state index contributed by atoms with van der Waals surface area (Å²) in [5.41, 5.74) is 0. The Kier molecular flexibility index (Phi) is 19.3. The van der Waals surface area contributed by atoms with Crippen LogP contribution in [-0.2, 0) is 25.5 Å². The number of carbonyl (C=O) groups is 1. The molecule has 0 amide bonds. The van der Waals surface area contributed by atoms with Crippen LogP contribution in [-0.4, -0.2) is 31.6 Å². The Bertz CT molecular complexity index is 653. The first-order valence-corrected chi connectivity index (χ1v) is 15.6. The van der Waals surface area contributed by atoms with Crippen LogP contribution >= 0.6 is 0 Å². The Balaban J connectivity index is 1.31. The number of ether oxygens (including phenoxy) is 3. The number of aryl methyl sites for hydroxylation is 1.